The Morgan fingerprint density at radius 3 is 0.210 bits per heavy atom. The molecule has 0 spiro atoms. The molecule has 0 fully saturated rings. The van der Waals surface area contributed by atoms with Crippen molar-refractivity contribution in [2.45, 2.75) is 128 Å². The van der Waals surface area contributed by atoms with Crippen LogP contribution in [-0.4, -0.2) is 503 Å². The molecule has 100 heavy (non-hydrogen) atoms. The van der Waals surface area contributed by atoms with Crippen molar-refractivity contribution in [1.29, 1.82) is 0 Å². The van der Waals surface area contributed by atoms with Gasteiger partial charge in [0.25, 0.3) is 0 Å². The minimum Gasteiger partial charge on any atom is -0.309 e. The van der Waals surface area contributed by atoms with Gasteiger partial charge in [-0.25, -0.2) is 0 Å². The van der Waals surface area contributed by atoms with E-state index >= 15 is 0 Å². The van der Waals surface area contributed by atoms with Crippen LogP contribution in [0.3, 0.4) is 0 Å². The van der Waals surface area contributed by atoms with E-state index in [4.69, 9.17) is 0 Å². The maximum Gasteiger partial charge on any atom is -0.000653 e. The fraction of sp³-hybridized carbons (Fsp3) is 1.00. The molecule has 0 radical (unpaired) electrons. The van der Waals surface area contributed by atoms with Crippen LogP contribution in [0.4, 0.5) is 0 Å². The summed E-state index contributed by atoms with van der Waals surface area (Å²) >= 11 is 0. The normalized spacial score (nSPS) is 12.8. The van der Waals surface area contributed by atoms with Crippen molar-refractivity contribution in [1.82, 2.24) is 98.0 Å². The SMILES string of the molecule is CN(C)CCCN(CCCCN(CCCN(C)C)CCCN(C)C)CCCN(C)C.CN(C)CCCN(CCCN(C)C)CCCN(CCCCN(CCCN(CCCN(C)C)CCCN(C)C)CCCN(CCCN(C)C)CCCN(C)C)CCCN(CCCN(C)C)CCCN(C)C. The third-order valence-electron chi connectivity index (χ3n) is 19.1. The predicted octanol–water partition coefficient (Wildman–Crippen LogP) is 6.93. The predicted molar refractivity (Wildman–Crippen MR) is 447 cm³/mol. The highest BCUT2D eigenvalue weighted by Crippen LogP contribution is 2.11. The van der Waals surface area contributed by atoms with Crippen LogP contribution in [-0.2, 0) is 0 Å². The van der Waals surface area contributed by atoms with Crippen molar-refractivity contribution in [3.63, 3.8) is 0 Å². The van der Waals surface area contributed by atoms with E-state index in [1.54, 1.807) is 0 Å². The van der Waals surface area contributed by atoms with Crippen LogP contribution in [0.15, 0.2) is 0 Å². The monoisotopic (exact) mass is 1430 g/mol. The zero-order valence-corrected chi connectivity index (χ0v) is 72.5. The van der Waals surface area contributed by atoms with Crippen LogP contribution in [0.2, 0.25) is 0 Å². The smallest absolute Gasteiger partial charge is 0.000653 e. The minimum absolute atomic E-state index is 1.17. The highest BCUT2D eigenvalue weighted by Gasteiger charge is 2.16. The zero-order valence-electron chi connectivity index (χ0n) is 72.5. The van der Waals surface area contributed by atoms with Gasteiger partial charge >= 0.3 is 0 Å². The van der Waals surface area contributed by atoms with Crippen molar-refractivity contribution in [2.24, 2.45) is 0 Å². The lowest BCUT2D eigenvalue weighted by molar-refractivity contribution is 0.183. The molecule has 0 aliphatic heterocycles. The molecular weight excluding hydrogens is 1240 g/mol. The molecule has 0 aliphatic carbocycles. The van der Waals surface area contributed by atoms with E-state index in [2.05, 4.69) is 267 Å². The molecule has 0 unspecified atom stereocenters. The molecule has 0 amide bonds. The van der Waals surface area contributed by atoms with E-state index in [1.165, 1.54) is 364 Å². The van der Waals surface area contributed by atoms with Gasteiger partial charge < -0.3 is 98.0 Å². The molecule has 0 heterocycles. The van der Waals surface area contributed by atoms with Crippen molar-refractivity contribution < 1.29 is 0 Å². The summed E-state index contributed by atoms with van der Waals surface area (Å²) in [6, 6.07) is 0. The fourth-order valence-electron chi connectivity index (χ4n) is 13.4. The highest BCUT2D eigenvalue weighted by molar-refractivity contribution is 4.72. The Morgan fingerprint density at radius 1 is 0.0800 bits per heavy atom. The van der Waals surface area contributed by atoms with Gasteiger partial charge in [0.2, 0.25) is 0 Å². The van der Waals surface area contributed by atoms with Crippen LogP contribution >= 0.6 is 0 Å². The number of hydrogen-bond donors (Lipinski definition) is 0. The molecular formula is C80H184N20. The lowest BCUT2D eigenvalue weighted by Crippen LogP contribution is -2.37. The Labute approximate surface area is 628 Å². The summed E-state index contributed by atoms with van der Waals surface area (Å²) in [6.45, 7) is 43.5. The molecule has 0 rings (SSSR count). The van der Waals surface area contributed by atoms with Crippen molar-refractivity contribution in [3.05, 3.63) is 0 Å². The average Bonchev–Trinajstić information content (AvgIpc) is 1.80. The van der Waals surface area contributed by atoms with E-state index in [9.17, 15) is 0 Å². The van der Waals surface area contributed by atoms with Gasteiger partial charge in [-0.3, -0.25) is 0 Å². The van der Waals surface area contributed by atoms with Crippen molar-refractivity contribution >= 4 is 0 Å². The molecule has 0 N–H and O–H groups in total. The molecule has 0 aromatic carbocycles. The molecule has 0 saturated heterocycles. The summed E-state index contributed by atoms with van der Waals surface area (Å²) < 4.78 is 0. The first kappa shape index (κ1) is 101. The third-order valence-corrected chi connectivity index (χ3v) is 19.1. The number of unbranched alkanes of at least 4 members (excludes halogenated alkanes) is 2. The summed E-state index contributed by atoms with van der Waals surface area (Å²) in [5.41, 5.74) is 0. The fourth-order valence-corrected chi connectivity index (χ4v) is 13.4. The van der Waals surface area contributed by atoms with Crippen LogP contribution in [0.1, 0.15) is 128 Å². The summed E-state index contributed by atoms with van der Waals surface area (Å²) in [5, 5.41) is 0. The van der Waals surface area contributed by atoms with Crippen LogP contribution in [0, 0.1) is 0 Å². The van der Waals surface area contributed by atoms with E-state index in [-0.39, 0.29) is 0 Å². The zero-order chi connectivity index (χ0) is 75.1. The Hall–Kier alpha value is -0.800. The van der Waals surface area contributed by atoms with Gasteiger partial charge in [0.15, 0.2) is 0 Å². The Morgan fingerprint density at radius 2 is 0.140 bits per heavy atom. The summed E-state index contributed by atoms with van der Waals surface area (Å²) in [4.78, 5) is 50.2. The molecule has 20 heteroatoms. The standard InChI is InChI=1S/C56H128N14.C24H56N6/c1-57(2)31-19-41-67(42-20-32-58(3)4)53-27-49-65(50-28-54-68(43-21-33-59(5)6)44-22-34-60(7)8)39-17-18-40-66(51-29-55-69(45-23-35-61(9)10)46-24-36-62(11)12)52-30-56-70(47-25-37-63(13)14)48-26-38-64(15)16;1-25(2)15-11-21-29(22-12-16-26(3)4)19-9-10-20-30(23-13-17-27(5)6)24-14-18-28(7)8/h17-56H2,1-16H3;9-24H2,1-8H3. The van der Waals surface area contributed by atoms with Gasteiger partial charge in [0, 0.05) is 0 Å². The quantitative estimate of drug-likeness (QED) is 0.0592. The molecule has 0 aromatic heterocycles. The molecule has 20 nitrogen and oxygen atoms in total. The molecule has 0 bridgehead atoms. The first-order valence-corrected chi connectivity index (χ1v) is 41.1. The second kappa shape index (κ2) is 69.9. The maximum absolute atomic E-state index is 2.87. The van der Waals surface area contributed by atoms with Gasteiger partial charge in [-0.2, -0.15) is 0 Å². The summed E-state index contributed by atoms with van der Waals surface area (Å²) in [7, 11) is 52.9. The van der Waals surface area contributed by atoms with Crippen LogP contribution < -0.4 is 0 Å². The lowest BCUT2D eigenvalue weighted by Gasteiger charge is -2.29. The van der Waals surface area contributed by atoms with Gasteiger partial charge in [0.1, 0.15) is 0 Å². The number of rotatable bonds is 74. The Balaban J connectivity index is 0. The Kier molecular flexibility index (Phi) is 70.8. The molecule has 0 atom stereocenters. The topological polar surface area (TPSA) is 64.8 Å². The van der Waals surface area contributed by atoms with Gasteiger partial charge in [-0.1, -0.05) is 0 Å². The van der Waals surface area contributed by atoms with E-state index < -0.39 is 0 Å². The molecule has 604 valence electrons. The van der Waals surface area contributed by atoms with Gasteiger partial charge in [0.05, 0.1) is 0 Å². The van der Waals surface area contributed by atoms with E-state index in [0.717, 1.165) is 0 Å². The Bertz CT molecular complexity index is 1360. The lowest BCUT2D eigenvalue weighted by atomic mass is 10.2. The minimum atomic E-state index is 1.17. The number of nitrogens with zero attached hydrogens (tertiary/aromatic N) is 20. The van der Waals surface area contributed by atoms with Gasteiger partial charge in [-0.05, 0) is 533 Å². The highest BCUT2D eigenvalue weighted by atomic mass is 15.2. The second-order valence-corrected chi connectivity index (χ2v) is 33.4. The van der Waals surface area contributed by atoms with Crippen LogP contribution in [0.25, 0.3) is 0 Å². The summed E-state index contributed by atoms with van der Waals surface area (Å²) in [6.07, 6.45) is 25.4. The average molecular weight is 1430 g/mol. The first-order chi connectivity index (χ1) is 47.6. The van der Waals surface area contributed by atoms with Gasteiger partial charge in [-0.15, -0.1) is 0 Å². The first-order valence-electron chi connectivity index (χ1n) is 41.1. The maximum atomic E-state index is 2.87. The largest absolute Gasteiger partial charge is 0.309 e. The molecule has 0 aliphatic rings. The summed E-state index contributed by atoms with van der Waals surface area (Å²) in [5.74, 6) is 0. The molecule has 0 aromatic rings. The van der Waals surface area contributed by atoms with Crippen molar-refractivity contribution in [3.8, 4) is 0 Å². The second-order valence-electron chi connectivity index (χ2n) is 33.4. The van der Waals surface area contributed by atoms with Crippen LogP contribution in [0.5, 0.6) is 0 Å². The van der Waals surface area contributed by atoms with Crippen molar-refractivity contribution in [2.75, 3.05) is 405 Å². The van der Waals surface area contributed by atoms with E-state index in [0.29, 0.717) is 0 Å². The third kappa shape index (κ3) is 75.4. The number of hydrogen-bond acceptors (Lipinski definition) is 20. The van der Waals surface area contributed by atoms with E-state index in [1.807, 2.05) is 0 Å². The molecule has 0 saturated carbocycles.